The molecule has 1 saturated heterocycles. The Kier molecular flexibility index (Phi) is 2.97. The highest BCUT2D eigenvalue weighted by Gasteiger charge is 2.51. The van der Waals surface area contributed by atoms with Crippen LogP contribution in [-0.4, -0.2) is 28.9 Å². The van der Waals surface area contributed by atoms with Crippen LogP contribution in [0.15, 0.2) is 42.5 Å². The molecule has 1 heterocycles. The van der Waals surface area contributed by atoms with Crippen molar-refractivity contribution in [2.75, 3.05) is 11.4 Å². The Balaban J connectivity index is 2.20. The Hall–Kier alpha value is -2.36. The van der Waals surface area contributed by atoms with Gasteiger partial charge in [0.1, 0.15) is 5.54 Å². The van der Waals surface area contributed by atoms with E-state index in [9.17, 15) is 9.59 Å². The summed E-state index contributed by atoms with van der Waals surface area (Å²) in [6, 6.07) is 13.2. The minimum absolute atomic E-state index is 0.175. The van der Waals surface area contributed by atoms with E-state index < -0.39 is 5.54 Å². The fourth-order valence-electron chi connectivity index (χ4n) is 2.98. The summed E-state index contributed by atoms with van der Waals surface area (Å²) in [7, 11) is 0. The van der Waals surface area contributed by atoms with Crippen molar-refractivity contribution in [1.29, 1.82) is 0 Å². The number of imide groups is 1. The number of amides is 3. The van der Waals surface area contributed by atoms with E-state index in [1.165, 1.54) is 4.90 Å². The van der Waals surface area contributed by atoms with Crippen LogP contribution in [-0.2, 0) is 4.79 Å². The molecule has 0 spiro atoms. The molecule has 3 amide bonds. The van der Waals surface area contributed by atoms with Gasteiger partial charge < -0.3 is 4.90 Å². The molecule has 108 valence electrons. The van der Waals surface area contributed by atoms with Crippen LogP contribution in [0.2, 0.25) is 0 Å². The molecule has 2 aromatic carbocycles. The number of fused-ring (bicyclic) bond motifs is 1. The second kappa shape index (κ2) is 4.58. The highest BCUT2D eigenvalue weighted by molar-refractivity contribution is 6.25. The fourth-order valence-corrected chi connectivity index (χ4v) is 2.98. The van der Waals surface area contributed by atoms with Gasteiger partial charge in [0, 0.05) is 11.9 Å². The maximum Gasteiger partial charge on any atom is 0.332 e. The molecule has 3 rings (SSSR count). The number of urea groups is 1. The molecule has 0 aromatic heterocycles. The first-order valence-electron chi connectivity index (χ1n) is 7.12. The number of nitrogens with zero attached hydrogens (tertiary/aromatic N) is 2. The van der Waals surface area contributed by atoms with E-state index in [0.29, 0.717) is 12.2 Å². The van der Waals surface area contributed by atoms with Gasteiger partial charge in [-0.25, -0.2) is 9.69 Å². The average Bonchev–Trinajstić information content (AvgIpc) is 2.64. The number of carbonyl (C=O) groups excluding carboxylic acids is 2. The van der Waals surface area contributed by atoms with Crippen LogP contribution in [0.1, 0.15) is 20.8 Å². The van der Waals surface area contributed by atoms with E-state index in [-0.39, 0.29) is 11.9 Å². The molecular formula is C17H18N2O2. The fraction of sp³-hybridized carbons (Fsp3) is 0.294. The standard InChI is InChI=1S/C17H18N2O2/c1-4-18-16(21)19(15(20)17(18,2)3)14-11-7-9-12-8-5-6-10-13(12)14/h5-11H,4H2,1-3H3. The lowest BCUT2D eigenvalue weighted by Crippen LogP contribution is -2.43. The highest BCUT2D eigenvalue weighted by Crippen LogP contribution is 2.35. The summed E-state index contributed by atoms with van der Waals surface area (Å²) in [5.41, 5.74) is -0.143. The zero-order chi connectivity index (χ0) is 15.2. The van der Waals surface area contributed by atoms with Crippen LogP contribution in [0, 0.1) is 0 Å². The highest BCUT2D eigenvalue weighted by atomic mass is 16.2. The molecule has 0 N–H and O–H groups in total. The van der Waals surface area contributed by atoms with Crippen molar-refractivity contribution in [3.8, 4) is 0 Å². The second-order valence-electron chi connectivity index (χ2n) is 5.72. The lowest BCUT2D eigenvalue weighted by atomic mass is 10.0. The molecule has 2 aromatic rings. The first kappa shape index (κ1) is 13.6. The molecule has 4 heteroatoms. The molecule has 0 bridgehead atoms. The first-order chi connectivity index (χ1) is 9.98. The monoisotopic (exact) mass is 282 g/mol. The van der Waals surface area contributed by atoms with Gasteiger partial charge in [0.25, 0.3) is 5.91 Å². The quantitative estimate of drug-likeness (QED) is 0.792. The van der Waals surface area contributed by atoms with Crippen LogP contribution < -0.4 is 4.90 Å². The lowest BCUT2D eigenvalue weighted by molar-refractivity contribution is -0.123. The minimum atomic E-state index is -0.803. The van der Waals surface area contributed by atoms with Crippen LogP contribution in [0.4, 0.5) is 10.5 Å². The summed E-state index contributed by atoms with van der Waals surface area (Å²) in [6.45, 7) is 5.99. The third-order valence-electron chi connectivity index (χ3n) is 4.15. The van der Waals surface area contributed by atoms with E-state index in [2.05, 4.69) is 0 Å². The van der Waals surface area contributed by atoms with Gasteiger partial charge in [0.05, 0.1) is 5.69 Å². The van der Waals surface area contributed by atoms with Crippen LogP contribution in [0.3, 0.4) is 0 Å². The van der Waals surface area contributed by atoms with Gasteiger partial charge in [-0.15, -0.1) is 0 Å². The number of hydrogen-bond acceptors (Lipinski definition) is 2. The normalized spacial score (nSPS) is 17.9. The Labute approximate surface area is 124 Å². The van der Waals surface area contributed by atoms with Crippen molar-refractivity contribution < 1.29 is 9.59 Å². The third kappa shape index (κ3) is 1.82. The SMILES string of the molecule is CCN1C(=O)N(c2cccc3ccccc23)C(=O)C1(C)C. The van der Waals surface area contributed by atoms with Crippen molar-refractivity contribution in [1.82, 2.24) is 4.90 Å². The van der Waals surface area contributed by atoms with E-state index in [4.69, 9.17) is 0 Å². The maximum absolute atomic E-state index is 12.7. The Bertz CT molecular complexity index is 731. The second-order valence-corrected chi connectivity index (χ2v) is 5.72. The molecule has 4 nitrogen and oxygen atoms in total. The molecule has 1 aliphatic rings. The molecule has 0 unspecified atom stereocenters. The molecule has 0 radical (unpaired) electrons. The van der Waals surface area contributed by atoms with Crippen molar-refractivity contribution in [2.45, 2.75) is 26.3 Å². The van der Waals surface area contributed by atoms with Crippen molar-refractivity contribution in [2.24, 2.45) is 0 Å². The predicted molar refractivity (Wildman–Crippen MR) is 83.3 cm³/mol. The Morgan fingerprint density at radius 1 is 1.00 bits per heavy atom. The summed E-state index contributed by atoms with van der Waals surface area (Å²) in [6.07, 6.45) is 0. The van der Waals surface area contributed by atoms with Gasteiger partial charge in [-0.3, -0.25) is 4.79 Å². The molecule has 21 heavy (non-hydrogen) atoms. The summed E-state index contributed by atoms with van der Waals surface area (Å²) in [4.78, 5) is 28.3. The van der Waals surface area contributed by atoms with Gasteiger partial charge in [-0.2, -0.15) is 0 Å². The molecule has 1 fully saturated rings. The largest absolute Gasteiger partial charge is 0.332 e. The first-order valence-corrected chi connectivity index (χ1v) is 7.12. The molecule has 0 aliphatic carbocycles. The van der Waals surface area contributed by atoms with E-state index >= 15 is 0 Å². The molecule has 0 saturated carbocycles. The lowest BCUT2D eigenvalue weighted by Gasteiger charge is -2.25. The van der Waals surface area contributed by atoms with Crippen molar-refractivity contribution in [3.05, 3.63) is 42.5 Å². The van der Waals surface area contributed by atoms with Gasteiger partial charge >= 0.3 is 6.03 Å². The maximum atomic E-state index is 12.7. The zero-order valence-electron chi connectivity index (χ0n) is 12.5. The molecule has 1 aliphatic heterocycles. The summed E-state index contributed by atoms with van der Waals surface area (Å²) in [5.74, 6) is -0.175. The van der Waals surface area contributed by atoms with Gasteiger partial charge in [-0.05, 0) is 32.2 Å². The van der Waals surface area contributed by atoms with Gasteiger partial charge in [0.15, 0.2) is 0 Å². The summed E-state index contributed by atoms with van der Waals surface area (Å²) in [5, 5.41) is 1.93. The van der Waals surface area contributed by atoms with Crippen molar-refractivity contribution >= 4 is 28.4 Å². The minimum Gasteiger partial charge on any atom is -0.310 e. The molecule has 0 atom stereocenters. The van der Waals surface area contributed by atoms with Gasteiger partial charge in [0.2, 0.25) is 0 Å². The summed E-state index contributed by atoms with van der Waals surface area (Å²) >= 11 is 0. The van der Waals surface area contributed by atoms with Crippen molar-refractivity contribution in [3.63, 3.8) is 0 Å². The topological polar surface area (TPSA) is 40.6 Å². The van der Waals surface area contributed by atoms with E-state index in [1.807, 2.05) is 49.4 Å². The smallest absolute Gasteiger partial charge is 0.310 e. The van der Waals surface area contributed by atoms with Crippen LogP contribution in [0.25, 0.3) is 10.8 Å². The van der Waals surface area contributed by atoms with Gasteiger partial charge in [-0.1, -0.05) is 36.4 Å². The number of likely N-dealkylation sites (N-methyl/N-ethyl adjacent to an activating group) is 1. The average molecular weight is 282 g/mol. The number of rotatable bonds is 2. The predicted octanol–water partition coefficient (Wildman–Crippen LogP) is 3.41. The number of carbonyl (C=O) groups is 2. The van der Waals surface area contributed by atoms with Crippen LogP contribution >= 0.6 is 0 Å². The number of anilines is 1. The Morgan fingerprint density at radius 3 is 2.33 bits per heavy atom. The molecular weight excluding hydrogens is 264 g/mol. The zero-order valence-corrected chi connectivity index (χ0v) is 12.5. The third-order valence-corrected chi connectivity index (χ3v) is 4.15. The van der Waals surface area contributed by atoms with Crippen LogP contribution in [0.5, 0.6) is 0 Å². The van der Waals surface area contributed by atoms with E-state index in [0.717, 1.165) is 10.8 Å². The summed E-state index contributed by atoms with van der Waals surface area (Å²) < 4.78 is 0. The number of benzene rings is 2. The van der Waals surface area contributed by atoms with E-state index in [1.54, 1.807) is 18.7 Å². The Morgan fingerprint density at radius 2 is 1.67 bits per heavy atom. The number of hydrogen-bond donors (Lipinski definition) is 0.